The van der Waals surface area contributed by atoms with Crippen LogP contribution in [0.2, 0.25) is 0 Å². The van der Waals surface area contributed by atoms with Gasteiger partial charge >= 0.3 is 0 Å². The van der Waals surface area contributed by atoms with E-state index in [0.29, 0.717) is 12.2 Å². The predicted molar refractivity (Wildman–Crippen MR) is 94.4 cm³/mol. The maximum atomic E-state index is 12.7. The molecule has 0 aliphatic carbocycles. The van der Waals surface area contributed by atoms with Crippen LogP contribution in [-0.4, -0.2) is 20.5 Å². The van der Waals surface area contributed by atoms with E-state index in [0.717, 1.165) is 5.56 Å². The summed E-state index contributed by atoms with van der Waals surface area (Å²) >= 11 is 0. The van der Waals surface area contributed by atoms with Gasteiger partial charge in [0.25, 0.3) is 0 Å². The molecule has 2 rings (SSSR count). The van der Waals surface area contributed by atoms with Crippen molar-refractivity contribution in [2.45, 2.75) is 38.1 Å². The molecule has 2 aromatic rings. The highest BCUT2D eigenvalue weighted by Crippen LogP contribution is 2.30. The Morgan fingerprint density at radius 2 is 1.83 bits per heavy atom. The molecule has 0 unspecified atom stereocenters. The minimum atomic E-state index is -3.64. The van der Waals surface area contributed by atoms with Crippen LogP contribution in [-0.2, 0) is 10.0 Å². The van der Waals surface area contributed by atoms with Crippen LogP contribution < -0.4 is 9.46 Å². The van der Waals surface area contributed by atoms with Crippen LogP contribution in [0.3, 0.4) is 0 Å². The number of rotatable bonds is 6. The van der Waals surface area contributed by atoms with Gasteiger partial charge in [-0.3, -0.25) is 4.98 Å². The Labute approximate surface area is 144 Å². The summed E-state index contributed by atoms with van der Waals surface area (Å²) < 4.78 is 33.3. The Bertz CT molecular complexity index is 751. The Morgan fingerprint density at radius 3 is 2.33 bits per heavy atom. The van der Waals surface area contributed by atoms with Gasteiger partial charge in [-0.15, -0.1) is 0 Å². The highest BCUT2D eigenvalue weighted by molar-refractivity contribution is 7.89. The van der Waals surface area contributed by atoms with E-state index < -0.39 is 10.0 Å². The van der Waals surface area contributed by atoms with Crippen molar-refractivity contribution in [1.29, 1.82) is 0 Å². The fourth-order valence-electron chi connectivity index (χ4n) is 2.43. The van der Waals surface area contributed by atoms with Gasteiger partial charge in [-0.25, -0.2) is 13.1 Å². The summed E-state index contributed by atoms with van der Waals surface area (Å²) in [5.41, 5.74) is 0.813. The number of ether oxygens (including phenoxy) is 1. The van der Waals surface area contributed by atoms with Crippen LogP contribution in [0.25, 0.3) is 0 Å². The summed E-state index contributed by atoms with van der Waals surface area (Å²) in [6.07, 6.45) is 4.04. The zero-order valence-electron chi connectivity index (χ0n) is 14.5. The molecule has 1 atom stereocenters. The summed E-state index contributed by atoms with van der Waals surface area (Å²) in [6, 6.07) is 9.71. The Balaban J connectivity index is 2.30. The molecule has 130 valence electrons. The Kier molecular flexibility index (Phi) is 5.62. The molecule has 1 aromatic heterocycles. The highest BCUT2D eigenvalue weighted by atomic mass is 32.2. The largest absolute Gasteiger partial charge is 0.497 e. The average molecular weight is 348 g/mol. The molecule has 0 radical (unpaired) electrons. The summed E-state index contributed by atoms with van der Waals surface area (Å²) in [6.45, 7) is 6.24. The van der Waals surface area contributed by atoms with Crippen LogP contribution in [0.1, 0.15) is 38.8 Å². The molecule has 1 aromatic carbocycles. The van der Waals surface area contributed by atoms with E-state index in [1.54, 1.807) is 43.8 Å². The number of hydrogen-bond donors (Lipinski definition) is 1. The van der Waals surface area contributed by atoms with Crippen molar-refractivity contribution < 1.29 is 13.2 Å². The van der Waals surface area contributed by atoms with Crippen molar-refractivity contribution in [3.8, 4) is 5.75 Å². The summed E-state index contributed by atoms with van der Waals surface area (Å²) in [5, 5.41) is 0. The molecular weight excluding hydrogens is 324 g/mol. The molecule has 1 N–H and O–H groups in total. The van der Waals surface area contributed by atoms with Crippen LogP contribution in [0.15, 0.2) is 53.7 Å². The Hall–Kier alpha value is -1.92. The molecule has 24 heavy (non-hydrogen) atoms. The lowest BCUT2D eigenvalue weighted by Gasteiger charge is -2.27. The van der Waals surface area contributed by atoms with Crippen LogP contribution >= 0.6 is 0 Å². The van der Waals surface area contributed by atoms with Gasteiger partial charge in [0.1, 0.15) is 5.75 Å². The standard InChI is InChI=1S/C18H24N2O3S/c1-18(2,3)12-17(14-6-5-11-19-13-14)20-24(21,22)16-9-7-15(23-4)8-10-16/h5-11,13,17,20H,12H2,1-4H3/t17-/m1/s1. The molecule has 0 saturated carbocycles. The number of nitrogens with zero attached hydrogens (tertiary/aromatic N) is 1. The van der Waals surface area contributed by atoms with Gasteiger partial charge < -0.3 is 4.74 Å². The first-order valence-corrected chi connectivity index (χ1v) is 9.26. The van der Waals surface area contributed by atoms with Gasteiger partial charge in [0.05, 0.1) is 12.0 Å². The van der Waals surface area contributed by atoms with Gasteiger partial charge in [-0.2, -0.15) is 0 Å². The zero-order chi connectivity index (χ0) is 17.8. The maximum absolute atomic E-state index is 12.7. The predicted octanol–water partition coefficient (Wildman–Crippen LogP) is 3.55. The van der Waals surface area contributed by atoms with E-state index in [9.17, 15) is 8.42 Å². The second-order valence-corrected chi connectivity index (χ2v) is 8.61. The van der Waals surface area contributed by atoms with Gasteiger partial charge in [0, 0.05) is 18.4 Å². The highest BCUT2D eigenvalue weighted by Gasteiger charge is 2.26. The zero-order valence-corrected chi connectivity index (χ0v) is 15.3. The van der Waals surface area contributed by atoms with Crippen molar-refractivity contribution in [2.24, 2.45) is 5.41 Å². The van der Waals surface area contributed by atoms with Crippen molar-refractivity contribution in [3.05, 3.63) is 54.4 Å². The molecule has 5 nitrogen and oxygen atoms in total. The molecule has 0 aliphatic rings. The SMILES string of the molecule is COc1ccc(S(=O)(=O)N[C@H](CC(C)(C)C)c2cccnc2)cc1. The van der Waals surface area contributed by atoms with E-state index in [-0.39, 0.29) is 16.4 Å². The summed E-state index contributed by atoms with van der Waals surface area (Å²) in [4.78, 5) is 4.32. The summed E-state index contributed by atoms with van der Waals surface area (Å²) in [5.74, 6) is 0.618. The second kappa shape index (κ2) is 7.32. The minimum absolute atomic E-state index is 0.0388. The number of aromatic nitrogens is 1. The van der Waals surface area contributed by atoms with Crippen molar-refractivity contribution in [2.75, 3.05) is 7.11 Å². The number of sulfonamides is 1. The lowest BCUT2D eigenvalue weighted by molar-refractivity contribution is 0.330. The lowest BCUT2D eigenvalue weighted by Crippen LogP contribution is -2.31. The molecule has 0 aliphatic heterocycles. The number of hydrogen-bond acceptors (Lipinski definition) is 4. The third-order valence-electron chi connectivity index (χ3n) is 3.57. The average Bonchev–Trinajstić information content (AvgIpc) is 2.53. The number of methoxy groups -OCH3 is 1. The molecule has 0 spiro atoms. The molecule has 0 bridgehead atoms. The Morgan fingerprint density at radius 1 is 1.17 bits per heavy atom. The van der Waals surface area contributed by atoms with Crippen molar-refractivity contribution >= 4 is 10.0 Å². The molecule has 0 amide bonds. The first-order valence-electron chi connectivity index (χ1n) is 7.77. The van der Waals surface area contributed by atoms with Crippen LogP contribution in [0.5, 0.6) is 5.75 Å². The third kappa shape index (κ3) is 5.04. The normalized spacial score (nSPS) is 13.5. The van der Waals surface area contributed by atoms with E-state index in [2.05, 4.69) is 30.5 Å². The quantitative estimate of drug-likeness (QED) is 0.867. The van der Waals surface area contributed by atoms with E-state index in [1.165, 1.54) is 0 Å². The fraction of sp³-hybridized carbons (Fsp3) is 0.389. The first-order chi connectivity index (χ1) is 11.2. The van der Waals surface area contributed by atoms with E-state index in [4.69, 9.17) is 4.74 Å². The monoisotopic (exact) mass is 348 g/mol. The number of pyridine rings is 1. The van der Waals surface area contributed by atoms with Gasteiger partial charge in [-0.1, -0.05) is 26.8 Å². The van der Waals surface area contributed by atoms with Gasteiger partial charge in [0.15, 0.2) is 0 Å². The topological polar surface area (TPSA) is 68.3 Å². The minimum Gasteiger partial charge on any atom is -0.497 e. The summed E-state index contributed by atoms with van der Waals surface area (Å²) in [7, 11) is -2.09. The van der Waals surface area contributed by atoms with Crippen molar-refractivity contribution in [3.63, 3.8) is 0 Å². The van der Waals surface area contributed by atoms with Gasteiger partial charge in [0.2, 0.25) is 10.0 Å². The fourth-order valence-corrected chi connectivity index (χ4v) is 3.66. The molecule has 1 heterocycles. The van der Waals surface area contributed by atoms with E-state index >= 15 is 0 Å². The van der Waals surface area contributed by atoms with Crippen LogP contribution in [0, 0.1) is 5.41 Å². The second-order valence-electron chi connectivity index (χ2n) is 6.90. The van der Waals surface area contributed by atoms with Crippen LogP contribution in [0.4, 0.5) is 0 Å². The first kappa shape index (κ1) is 18.4. The van der Waals surface area contributed by atoms with Gasteiger partial charge in [-0.05, 0) is 47.7 Å². The molecule has 0 fully saturated rings. The molecule has 6 heteroatoms. The third-order valence-corrected chi connectivity index (χ3v) is 5.06. The van der Waals surface area contributed by atoms with Crippen molar-refractivity contribution in [1.82, 2.24) is 9.71 Å². The molecular formula is C18H24N2O3S. The maximum Gasteiger partial charge on any atom is 0.241 e. The van der Waals surface area contributed by atoms with E-state index in [1.807, 2.05) is 12.1 Å². The lowest BCUT2D eigenvalue weighted by atomic mass is 9.86. The number of benzene rings is 1. The smallest absolute Gasteiger partial charge is 0.241 e. The molecule has 0 saturated heterocycles. The number of nitrogens with one attached hydrogen (secondary N) is 1.